The Hall–Kier alpha value is -1.44. The lowest BCUT2D eigenvalue weighted by atomic mass is 9.88. The van der Waals surface area contributed by atoms with Gasteiger partial charge in [-0.1, -0.05) is 19.4 Å². The number of nitrogens with zero attached hydrogens (tertiary/aromatic N) is 2. The fourth-order valence-electron chi connectivity index (χ4n) is 3.31. The molecule has 1 N–H and O–H groups in total. The van der Waals surface area contributed by atoms with Crippen molar-refractivity contribution in [1.29, 1.82) is 5.26 Å². The van der Waals surface area contributed by atoms with E-state index in [1.165, 1.54) is 25.3 Å². The van der Waals surface area contributed by atoms with Gasteiger partial charge in [0, 0.05) is 6.04 Å². The summed E-state index contributed by atoms with van der Waals surface area (Å²) in [6.07, 6.45) is 3.59. The number of hydrogen-bond acceptors (Lipinski definition) is 3. The molecule has 1 fully saturated rings. The van der Waals surface area contributed by atoms with E-state index >= 15 is 0 Å². The zero-order chi connectivity index (χ0) is 15.2. The molecule has 0 spiro atoms. The largest absolute Gasteiger partial charge is 0.317 e. The fourth-order valence-corrected chi connectivity index (χ4v) is 3.31. The summed E-state index contributed by atoms with van der Waals surface area (Å²) in [4.78, 5) is 2.35. The van der Waals surface area contributed by atoms with E-state index in [1.807, 2.05) is 12.1 Å². The Morgan fingerprint density at radius 1 is 1.43 bits per heavy atom. The Morgan fingerprint density at radius 3 is 2.95 bits per heavy atom. The Morgan fingerprint density at radius 2 is 2.24 bits per heavy atom. The molecule has 2 unspecified atom stereocenters. The highest BCUT2D eigenvalue weighted by Crippen LogP contribution is 2.34. The predicted octanol–water partition coefficient (Wildman–Crippen LogP) is 3.08. The van der Waals surface area contributed by atoms with Gasteiger partial charge in [0.15, 0.2) is 0 Å². The first-order valence-electron chi connectivity index (χ1n) is 7.77. The lowest BCUT2D eigenvalue weighted by molar-refractivity contribution is 0.189. The second kappa shape index (κ2) is 7.53. The Kier molecular flexibility index (Phi) is 5.72. The van der Waals surface area contributed by atoms with Crippen molar-refractivity contribution in [2.24, 2.45) is 5.92 Å². The van der Waals surface area contributed by atoms with Gasteiger partial charge in [0.1, 0.15) is 11.9 Å². The van der Waals surface area contributed by atoms with Gasteiger partial charge in [-0.25, -0.2) is 4.39 Å². The molecule has 2 atom stereocenters. The van der Waals surface area contributed by atoms with E-state index in [2.05, 4.69) is 24.2 Å². The van der Waals surface area contributed by atoms with E-state index in [4.69, 9.17) is 5.26 Å². The number of likely N-dealkylation sites (tertiary alicyclic amines) is 1. The lowest BCUT2D eigenvalue weighted by Crippen LogP contribution is -2.35. The first-order valence-corrected chi connectivity index (χ1v) is 7.77. The van der Waals surface area contributed by atoms with Crippen molar-refractivity contribution in [2.75, 3.05) is 26.7 Å². The van der Waals surface area contributed by atoms with Gasteiger partial charge in [-0.3, -0.25) is 4.90 Å². The highest BCUT2D eigenvalue weighted by molar-refractivity contribution is 5.36. The Balaban J connectivity index is 2.32. The van der Waals surface area contributed by atoms with Crippen molar-refractivity contribution in [1.82, 2.24) is 10.2 Å². The molecule has 1 heterocycles. The SMILES string of the molecule is CCNCC1CCCCN(C)C1c1ccc(F)c(C#N)c1. The summed E-state index contributed by atoms with van der Waals surface area (Å²) in [5.74, 6) is 0.0650. The van der Waals surface area contributed by atoms with Crippen molar-refractivity contribution in [3.8, 4) is 6.07 Å². The van der Waals surface area contributed by atoms with Crippen LogP contribution >= 0.6 is 0 Å². The number of benzene rings is 1. The molecule has 0 radical (unpaired) electrons. The third kappa shape index (κ3) is 3.81. The molecule has 3 nitrogen and oxygen atoms in total. The van der Waals surface area contributed by atoms with Crippen LogP contribution in [0.3, 0.4) is 0 Å². The average molecular weight is 289 g/mol. The van der Waals surface area contributed by atoms with E-state index in [0.29, 0.717) is 5.92 Å². The van der Waals surface area contributed by atoms with Crippen LogP contribution < -0.4 is 5.32 Å². The molecule has 2 rings (SSSR count). The van der Waals surface area contributed by atoms with Gasteiger partial charge in [-0.2, -0.15) is 5.26 Å². The summed E-state index contributed by atoms with van der Waals surface area (Å²) in [6, 6.07) is 7.19. The molecule has 0 bridgehead atoms. The summed E-state index contributed by atoms with van der Waals surface area (Å²) in [6.45, 7) is 5.08. The van der Waals surface area contributed by atoms with Gasteiger partial charge in [0.05, 0.1) is 5.56 Å². The number of nitriles is 1. The second-order valence-electron chi connectivity index (χ2n) is 5.84. The third-order valence-corrected chi connectivity index (χ3v) is 4.37. The van der Waals surface area contributed by atoms with E-state index < -0.39 is 5.82 Å². The number of rotatable bonds is 4. The molecule has 21 heavy (non-hydrogen) atoms. The monoisotopic (exact) mass is 289 g/mol. The standard InChI is InChI=1S/C17H24FN3/c1-3-20-12-14-6-4-5-9-21(2)17(14)13-7-8-16(18)15(10-13)11-19/h7-8,10,14,17,20H,3-6,9,12H2,1-2H3. The molecule has 1 aromatic carbocycles. The van der Waals surface area contributed by atoms with Crippen molar-refractivity contribution in [3.05, 3.63) is 35.1 Å². The molecule has 1 aliphatic heterocycles. The molecule has 1 aliphatic rings. The van der Waals surface area contributed by atoms with E-state index in [-0.39, 0.29) is 11.6 Å². The third-order valence-electron chi connectivity index (χ3n) is 4.37. The van der Waals surface area contributed by atoms with Gasteiger partial charge < -0.3 is 5.32 Å². The van der Waals surface area contributed by atoms with Crippen molar-refractivity contribution < 1.29 is 4.39 Å². The summed E-state index contributed by atoms with van der Waals surface area (Å²) in [5, 5.41) is 12.5. The maximum atomic E-state index is 13.6. The second-order valence-corrected chi connectivity index (χ2v) is 5.84. The smallest absolute Gasteiger partial charge is 0.140 e. The number of nitrogens with one attached hydrogen (secondary N) is 1. The normalized spacial score (nSPS) is 23.5. The van der Waals surface area contributed by atoms with Crippen molar-refractivity contribution >= 4 is 0 Å². The first kappa shape index (κ1) is 15.9. The van der Waals surface area contributed by atoms with Crippen LogP contribution in [0.2, 0.25) is 0 Å². The van der Waals surface area contributed by atoms with Gasteiger partial charge in [-0.05, 0) is 63.1 Å². The maximum Gasteiger partial charge on any atom is 0.140 e. The summed E-state index contributed by atoms with van der Waals surface area (Å²) < 4.78 is 13.6. The zero-order valence-electron chi connectivity index (χ0n) is 12.9. The Bertz CT molecular complexity index is 509. The summed E-state index contributed by atoms with van der Waals surface area (Å²) in [7, 11) is 2.13. The summed E-state index contributed by atoms with van der Waals surface area (Å²) in [5.41, 5.74) is 1.20. The van der Waals surface area contributed by atoms with Crippen LogP contribution in [0.15, 0.2) is 18.2 Å². The minimum Gasteiger partial charge on any atom is -0.317 e. The highest BCUT2D eigenvalue weighted by Gasteiger charge is 2.29. The number of hydrogen-bond donors (Lipinski definition) is 1. The van der Waals surface area contributed by atoms with Crippen molar-refractivity contribution in [2.45, 2.75) is 32.2 Å². The van der Waals surface area contributed by atoms with Gasteiger partial charge in [0.25, 0.3) is 0 Å². The molecule has 114 valence electrons. The van der Waals surface area contributed by atoms with Crippen LogP contribution in [-0.4, -0.2) is 31.6 Å². The molecule has 0 amide bonds. The average Bonchev–Trinajstić information content (AvgIpc) is 2.67. The van der Waals surface area contributed by atoms with Crippen LogP contribution in [0.1, 0.15) is 43.4 Å². The van der Waals surface area contributed by atoms with E-state index in [1.54, 1.807) is 6.07 Å². The van der Waals surface area contributed by atoms with Crippen LogP contribution in [0.25, 0.3) is 0 Å². The molecule has 0 saturated carbocycles. The molecule has 0 aliphatic carbocycles. The molecule has 4 heteroatoms. The zero-order valence-corrected chi connectivity index (χ0v) is 12.9. The maximum absolute atomic E-state index is 13.6. The van der Waals surface area contributed by atoms with Crippen molar-refractivity contribution in [3.63, 3.8) is 0 Å². The highest BCUT2D eigenvalue weighted by atomic mass is 19.1. The number of halogens is 1. The van der Waals surface area contributed by atoms with E-state index in [9.17, 15) is 4.39 Å². The van der Waals surface area contributed by atoms with Crippen LogP contribution in [0, 0.1) is 23.1 Å². The lowest BCUT2D eigenvalue weighted by Gasteiger charge is -2.33. The molecular weight excluding hydrogens is 265 g/mol. The fraction of sp³-hybridized carbons (Fsp3) is 0.588. The van der Waals surface area contributed by atoms with Crippen LogP contribution in [0.5, 0.6) is 0 Å². The first-order chi connectivity index (χ1) is 10.2. The predicted molar refractivity (Wildman–Crippen MR) is 82.4 cm³/mol. The minimum absolute atomic E-state index is 0.146. The molecule has 0 aromatic heterocycles. The minimum atomic E-state index is -0.430. The van der Waals surface area contributed by atoms with Gasteiger partial charge >= 0.3 is 0 Å². The van der Waals surface area contributed by atoms with Gasteiger partial charge in [-0.15, -0.1) is 0 Å². The summed E-state index contributed by atoms with van der Waals surface area (Å²) >= 11 is 0. The Labute approximate surface area is 126 Å². The topological polar surface area (TPSA) is 39.1 Å². The van der Waals surface area contributed by atoms with Crippen LogP contribution in [0.4, 0.5) is 4.39 Å². The molecule has 1 saturated heterocycles. The van der Waals surface area contributed by atoms with Crippen LogP contribution in [-0.2, 0) is 0 Å². The quantitative estimate of drug-likeness (QED) is 0.926. The molecule has 1 aromatic rings. The molecular formula is C17H24FN3. The van der Waals surface area contributed by atoms with E-state index in [0.717, 1.165) is 25.2 Å². The van der Waals surface area contributed by atoms with Gasteiger partial charge in [0.2, 0.25) is 0 Å².